The van der Waals surface area contributed by atoms with Gasteiger partial charge >= 0.3 is 6.18 Å². The summed E-state index contributed by atoms with van der Waals surface area (Å²) in [6.45, 7) is 4.68. The quantitative estimate of drug-likeness (QED) is 0.501. The van der Waals surface area contributed by atoms with Gasteiger partial charge in [-0.25, -0.2) is 4.98 Å². The number of furan rings is 1. The fraction of sp³-hybridized carbons (Fsp3) is 0.333. The highest BCUT2D eigenvalue weighted by molar-refractivity contribution is 7.99. The van der Waals surface area contributed by atoms with Crippen molar-refractivity contribution in [1.29, 1.82) is 0 Å². The van der Waals surface area contributed by atoms with Crippen LogP contribution in [0.15, 0.2) is 40.2 Å². The lowest BCUT2D eigenvalue weighted by Gasteiger charge is -2.12. The zero-order valence-corrected chi connectivity index (χ0v) is 17.5. The van der Waals surface area contributed by atoms with Gasteiger partial charge in [0.25, 0.3) is 0 Å². The standard InChI is InChI=1S/C18H17ClF3N5O2S/c1-10(2)8-27-16(13-4-3-5-29-13)25-26-17(27)30-9-14(28)24-15-12(19)6-11(7-23-15)18(20,21)22/h3-7,10H,8-9H2,1-2H3,(H,23,24,28). The van der Waals surface area contributed by atoms with Gasteiger partial charge in [0.1, 0.15) is 0 Å². The van der Waals surface area contributed by atoms with Gasteiger partial charge in [-0.15, -0.1) is 10.2 Å². The Bertz CT molecular complexity index is 1020. The second kappa shape index (κ2) is 9.09. The lowest BCUT2D eigenvalue weighted by molar-refractivity contribution is -0.137. The van der Waals surface area contributed by atoms with Gasteiger partial charge in [0, 0.05) is 12.7 Å². The zero-order chi connectivity index (χ0) is 21.9. The lowest BCUT2D eigenvalue weighted by atomic mass is 10.2. The van der Waals surface area contributed by atoms with E-state index in [9.17, 15) is 18.0 Å². The predicted octanol–water partition coefficient (Wildman–Crippen LogP) is 4.99. The van der Waals surface area contributed by atoms with Crippen molar-refractivity contribution in [3.8, 4) is 11.6 Å². The number of carbonyl (C=O) groups excluding carboxylic acids is 1. The van der Waals surface area contributed by atoms with Crippen LogP contribution in [0, 0.1) is 5.92 Å². The number of pyridine rings is 1. The van der Waals surface area contributed by atoms with E-state index in [2.05, 4.69) is 20.5 Å². The molecule has 0 saturated heterocycles. The summed E-state index contributed by atoms with van der Waals surface area (Å²) in [6.07, 6.45) is -2.42. The summed E-state index contributed by atoms with van der Waals surface area (Å²) in [5.74, 6) is 0.693. The average Bonchev–Trinajstić information content (AvgIpc) is 3.30. The molecule has 0 atom stereocenters. The van der Waals surface area contributed by atoms with Crippen LogP contribution in [0.4, 0.5) is 19.0 Å². The van der Waals surface area contributed by atoms with Gasteiger partial charge in [0.15, 0.2) is 22.6 Å². The van der Waals surface area contributed by atoms with E-state index in [4.69, 9.17) is 16.0 Å². The SMILES string of the molecule is CC(C)Cn1c(SCC(=O)Nc2ncc(C(F)(F)F)cc2Cl)nnc1-c1ccco1. The van der Waals surface area contributed by atoms with Crippen LogP contribution in [0.3, 0.4) is 0 Å². The molecular weight excluding hydrogens is 443 g/mol. The summed E-state index contributed by atoms with van der Waals surface area (Å²) in [5, 5.41) is 10.9. The Morgan fingerprint density at radius 1 is 1.37 bits per heavy atom. The molecule has 0 aliphatic heterocycles. The van der Waals surface area contributed by atoms with Gasteiger partial charge in [-0.2, -0.15) is 13.2 Å². The fourth-order valence-corrected chi connectivity index (χ4v) is 3.46. The molecule has 3 heterocycles. The van der Waals surface area contributed by atoms with E-state index < -0.39 is 17.6 Å². The molecule has 12 heteroatoms. The smallest absolute Gasteiger partial charge is 0.417 e. The first-order valence-corrected chi connectivity index (χ1v) is 10.1. The minimum Gasteiger partial charge on any atom is -0.461 e. The van der Waals surface area contributed by atoms with Crippen molar-refractivity contribution in [3.05, 3.63) is 41.2 Å². The maximum atomic E-state index is 12.7. The van der Waals surface area contributed by atoms with Crippen LogP contribution in [0.25, 0.3) is 11.6 Å². The zero-order valence-electron chi connectivity index (χ0n) is 15.9. The Labute approximate surface area is 179 Å². The third kappa shape index (κ3) is 5.33. The summed E-state index contributed by atoms with van der Waals surface area (Å²) in [7, 11) is 0. The summed E-state index contributed by atoms with van der Waals surface area (Å²) in [6, 6.07) is 4.22. The number of nitrogens with one attached hydrogen (secondary N) is 1. The first-order valence-electron chi connectivity index (χ1n) is 8.77. The molecule has 160 valence electrons. The van der Waals surface area contributed by atoms with Crippen LogP contribution in [-0.4, -0.2) is 31.4 Å². The summed E-state index contributed by atoms with van der Waals surface area (Å²) in [4.78, 5) is 15.9. The Morgan fingerprint density at radius 3 is 2.73 bits per heavy atom. The molecule has 1 amide bonds. The number of amides is 1. The highest BCUT2D eigenvalue weighted by atomic mass is 35.5. The maximum absolute atomic E-state index is 12.7. The number of carbonyl (C=O) groups is 1. The molecule has 3 aromatic rings. The molecule has 0 fully saturated rings. The van der Waals surface area contributed by atoms with E-state index in [0.29, 0.717) is 35.5 Å². The van der Waals surface area contributed by atoms with Gasteiger partial charge in [-0.1, -0.05) is 37.2 Å². The molecule has 0 aliphatic rings. The number of aromatic nitrogens is 4. The van der Waals surface area contributed by atoms with Crippen LogP contribution in [0.5, 0.6) is 0 Å². The van der Waals surface area contributed by atoms with Crippen molar-refractivity contribution in [2.24, 2.45) is 5.92 Å². The molecular formula is C18H17ClF3N5O2S. The first-order chi connectivity index (χ1) is 14.1. The molecule has 0 bridgehead atoms. The molecule has 0 saturated carbocycles. The van der Waals surface area contributed by atoms with Gasteiger partial charge in [0.2, 0.25) is 5.91 Å². The number of halogens is 4. The topological polar surface area (TPSA) is 85.8 Å². The van der Waals surface area contributed by atoms with Crippen LogP contribution in [0.2, 0.25) is 5.02 Å². The van der Waals surface area contributed by atoms with Crippen molar-refractivity contribution in [2.75, 3.05) is 11.1 Å². The van der Waals surface area contributed by atoms with E-state index in [1.807, 2.05) is 18.4 Å². The van der Waals surface area contributed by atoms with E-state index in [1.165, 1.54) is 6.26 Å². The fourth-order valence-electron chi connectivity index (χ4n) is 2.50. The Morgan fingerprint density at radius 2 is 2.13 bits per heavy atom. The third-order valence-electron chi connectivity index (χ3n) is 3.76. The van der Waals surface area contributed by atoms with Crippen LogP contribution < -0.4 is 5.32 Å². The number of thioether (sulfide) groups is 1. The van der Waals surface area contributed by atoms with Crippen molar-refractivity contribution >= 4 is 35.1 Å². The van der Waals surface area contributed by atoms with Crippen molar-refractivity contribution in [1.82, 2.24) is 19.7 Å². The molecule has 0 radical (unpaired) electrons. The Balaban J connectivity index is 1.69. The van der Waals surface area contributed by atoms with Gasteiger partial charge in [-0.3, -0.25) is 9.36 Å². The highest BCUT2D eigenvalue weighted by Gasteiger charge is 2.31. The molecule has 30 heavy (non-hydrogen) atoms. The van der Waals surface area contributed by atoms with Crippen LogP contribution in [0.1, 0.15) is 19.4 Å². The minimum absolute atomic E-state index is 0.0621. The second-order valence-electron chi connectivity index (χ2n) is 6.68. The lowest BCUT2D eigenvalue weighted by Crippen LogP contribution is -2.17. The monoisotopic (exact) mass is 459 g/mol. The molecule has 3 rings (SSSR count). The van der Waals surface area contributed by atoms with Crippen LogP contribution in [-0.2, 0) is 17.5 Å². The van der Waals surface area contributed by atoms with E-state index in [0.717, 1.165) is 11.8 Å². The van der Waals surface area contributed by atoms with Crippen molar-refractivity contribution < 1.29 is 22.4 Å². The van der Waals surface area contributed by atoms with Crippen molar-refractivity contribution in [3.63, 3.8) is 0 Å². The van der Waals surface area contributed by atoms with Crippen LogP contribution >= 0.6 is 23.4 Å². The maximum Gasteiger partial charge on any atom is 0.417 e. The van der Waals surface area contributed by atoms with Crippen molar-refractivity contribution in [2.45, 2.75) is 31.7 Å². The number of anilines is 1. The molecule has 0 spiro atoms. The Hall–Kier alpha value is -2.53. The Kier molecular flexibility index (Phi) is 6.71. The molecule has 7 nitrogen and oxygen atoms in total. The summed E-state index contributed by atoms with van der Waals surface area (Å²) in [5.41, 5.74) is -0.993. The minimum atomic E-state index is -4.57. The summed E-state index contributed by atoms with van der Waals surface area (Å²) < 4.78 is 45.3. The molecule has 3 aromatic heterocycles. The first kappa shape index (κ1) is 22.2. The largest absolute Gasteiger partial charge is 0.461 e. The third-order valence-corrected chi connectivity index (χ3v) is 5.02. The number of rotatable bonds is 7. The van der Waals surface area contributed by atoms with Gasteiger partial charge in [-0.05, 0) is 24.1 Å². The molecule has 0 unspecified atom stereocenters. The van der Waals surface area contributed by atoms with Gasteiger partial charge in [0.05, 0.1) is 22.6 Å². The van der Waals surface area contributed by atoms with Gasteiger partial charge < -0.3 is 9.73 Å². The number of hydrogen-bond donors (Lipinski definition) is 1. The molecule has 0 aliphatic carbocycles. The predicted molar refractivity (Wildman–Crippen MR) is 106 cm³/mol. The highest BCUT2D eigenvalue weighted by Crippen LogP contribution is 2.32. The number of nitrogens with zero attached hydrogens (tertiary/aromatic N) is 4. The van der Waals surface area contributed by atoms with E-state index in [-0.39, 0.29) is 22.5 Å². The van der Waals surface area contributed by atoms with E-state index >= 15 is 0 Å². The van der Waals surface area contributed by atoms with E-state index in [1.54, 1.807) is 12.1 Å². The summed E-state index contributed by atoms with van der Waals surface area (Å²) >= 11 is 6.95. The number of hydrogen-bond acceptors (Lipinski definition) is 6. The number of alkyl halides is 3. The average molecular weight is 460 g/mol. The second-order valence-corrected chi connectivity index (χ2v) is 8.03. The normalized spacial score (nSPS) is 11.8. The molecule has 0 aromatic carbocycles. The molecule has 1 N–H and O–H groups in total.